The summed E-state index contributed by atoms with van der Waals surface area (Å²) in [5.74, 6) is -1.67. The van der Waals surface area contributed by atoms with Gasteiger partial charge in [0.1, 0.15) is 4.88 Å². The van der Waals surface area contributed by atoms with Crippen molar-refractivity contribution in [3.8, 4) is 0 Å². The topological polar surface area (TPSA) is 81.7 Å². The van der Waals surface area contributed by atoms with Gasteiger partial charge in [-0.15, -0.1) is 11.3 Å². The third-order valence-electron chi connectivity index (χ3n) is 3.63. The van der Waals surface area contributed by atoms with Gasteiger partial charge in [-0.05, 0) is 34.4 Å². The molecule has 132 valence electrons. The first-order chi connectivity index (χ1) is 12.6. The Labute approximate surface area is 153 Å². The largest absolute Gasteiger partial charge is 0.465 e. The van der Waals surface area contributed by atoms with Crippen LogP contribution in [0.2, 0.25) is 0 Å². The van der Waals surface area contributed by atoms with E-state index < -0.39 is 24.5 Å². The zero-order chi connectivity index (χ0) is 18.5. The first-order valence-corrected chi connectivity index (χ1v) is 8.58. The first-order valence-electron chi connectivity index (χ1n) is 7.70. The van der Waals surface area contributed by atoms with Gasteiger partial charge in [-0.2, -0.15) is 0 Å². The summed E-state index contributed by atoms with van der Waals surface area (Å²) in [5.41, 5.74) is 0.691. The molecule has 0 saturated heterocycles. The molecule has 0 fully saturated rings. The summed E-state index contributed by atoms with van der Waals surface area (Å²) in [6, 6.07) is 14.4. The minimum Gasteiger partial charge on any atom is -0.465 e. The SMILES string of the molecule is COC(=O)c1sccc1NC(=O)COC(=O)c1ccc2ccccc2c1. The van der Waals surface area contributed by atoms with Gasteiger partial charge in [-0.25, -0.2) is 9.59 Å². The molecule has 7 heteroatoms. The number of rotatable bonds is 5. The standard InChI is InChI=1S/C19H15NO5S/c1-24-19(23)17-15(8-9-26-17)20-16(21)11-25-18(22)14-7-6-12-4-2-3-5-13(12)10-14/h2-10H,11H2,1H3,(H,20,21). The zero-order valence-electron chi connectivity index (χ0n) is 13.9. The second-order valence-electron chi connectivity index (χ2n) is 5.34. The zero-order valence-corrected chi connectivity index (χ0v) is 14.7. The van der Waals surface area contributed by atoms with Gasteiger partial charge in [-0.3, -0.25) is 4.79 Å². The molecule has 3 rings (SSSR count). The van der Waals surface area contributed by atoms with E-state index in [2.05, 4.69) is 10.1 Å². The Kier molecular flexibility index (Phi) is 5.28. The molecule has 3 aromatic rings. The summed E-state index contributed by atoms with van der Waals surface area (Å²) in [4.78, 5) is 36.0. The molecule has 1 N–H and O–H groups in total. The lowest BCUT2D eigenvalue weighted by Crippen LogP contribution is -2.21. The summed E-state index contributed by atoms with van der Waals surface area (Å²) in [6.07, 6.45) is 0. The lowest BCUT2D eigenvalue weighted by molar-refractivity contribution is -0.119. The maximum atomic E-state index is 12.1. The van der Waals surface area contributed by atoms with Crippen LogP contribution in [-0.4, -0.2) is 31.6 Å². The first kappa shape index (κ1) is 17.6. The van der Waals surface area contributed by atoms with Crippen molar-refractivity contribution in [2.24, 2.45) is 0 Å². The molecule has 0 aliphatic carbocycles. The Hall–Kier alpha value is -3.19. The lowest BCUT2D eigenvalue weighted by Gasteiger charge is -2.07. The number of benzene rings is 2. The van der Waals surface area contributed by atoms with Crippen molar-refractivity contribution in [1.82, 2.24) is 0 Å². The molecule has 6 nitrogen and oxygen atoms in total. The summed E-state index contributed by atoms with van der Waals surface area (Å²) in [6.45, 7) is -0.456. The van der Waals surface area contributed by atoms with Gasteiger partial charge in [0.25, 0.3) is 5.91 Å². The number of ether oxygens (including phenoxy) is 2. The number of amides is 1. The van der Waals surface area contributed by atoms with E-state index >= 15 is 0 Å². The van der Waals surface area contributed by atoms with Gasteiger partial charge in [0.15, 0.2) is 6.61 Å². The van der Waals surface area contributed by atoms with Crippen LogP contribution in [-0.2, 0) is 14.3 Å². The monoisotopic (exact) mass is 369 g/mol. The molecule has 0 atom stereocenters. The van der Waals surface area contributed by atoms with Crippen LogP contribution >= 0.6 is 11.3 Å². The molecule has 0 saturated carbocycles. The predicted octanol–water partition coefficient (Wildman–Crippen LogP) is 3.48. The fraction of sp³-hybridized carbons (Fsp3) is 0.105. The number of thiophene rings is 1. The van der Waals surface area contributed by atoms with Gasteiger partial charge >= 0.3 is 11.9 Å². The fourth-order valence-corrected chi connectivity index (χ4v) is 3.14. The normalized spacial score (nSPS) is 10.3. The number of nitrogens with one attached hydrogen (secondary N) is 1. The second kappa shape index (κ2) is 7.79. The van der Waals surface area contributed by atoms with Crippen molar-refractivity contribution in [2.45, 2.75) is 0 Å². The number of carbonyl (C=O) groups is 3. The van der Waals surface area contributed by atoms with E-state index in [4.69, 9.17) is 4.74 Å². The number of anilines is 1. The molecular formula is C19H15NO5S. The van der Waals surface area contributed by atoms with Crippen molar-refractivity contribution in [3.63, 3.8) is 0 Å². The summed E-state index contributed by atoms with van der Waals surface area (Å²) in [5, 5.41) is 6.11. The molecular weight excluding hydrogens is 354 g/mol. The van der Waals surface area contributed by atoms with Crippen molar-refractivity contribution >= 4 is 45.6 Å². The minimum atomic E-state index is -0.593. The van der Waals surface area contributed by atoms with Crippen LogP contribution in [0, 0.1) is 0 Å². The van der Waals surface area contributed by atoms with E-state index in [9.17, 15) is 14.4 Å². The molecule has 1 amide bonds. The van der Waals surface area contributed by atoms with E-state index in [0.29, 0.717) is 11.3 Å². The quantitative estimate of drug-likeness (QED) is 0.696. The number of hydrogen-bond donors (Lipinski definition) is 1. The molecule has 0 aliphatic heterocycles. The highest BCUT2D eigenvalue weighted by Gasteiger charge is 2.17. The van der Waals surface area contributed by atoms with E-state index in [1.807, 2.05) is 30.3 Å². The molecule has 26 heavy (non-hydrogen) atoms. The van der Waals surface area contributed by atoms with E-state index in [-0.39, 0.29) is 4.88 Å². The Morgan fingerprint density at radius 1 is 1.00 bits per heavy atom. The van der Waals surface area contributed by atoms with E-state index in [0.717, 1.165) is 22.1 Å². The number of esters is 2. The van der Waals surface area contributed by atoms with Crippen LogP contribution in [0.25, 0.3) is 10.8 Å². The number of fused-ring (bicyclic) bond motifs is 1. The van der Waals surface area contributed by atoms with Crippen LogP contribution in [0.4, 0.5) is 5.69 Å². The molecule has 1 heterocycles. The van der Waals surface area contributed by atoms with Gasteiger partial charge in [0.05, 0.1) is 18.4 Å². The summed E-state index contributed by atoms with van der Waals surface area (Å²) in [7, 11) is 1.26. The second-order valence-corrected chi connectivity index (χ2v) is 6.26. The molecule has 0 unspecified atom stereocenters. The summed E-state index contributed by atoms with van der Waals surface area (Å²) >= 11 is 1.15. The van der Waals surface area contributed by atoms with E-state index in [1.165, 1.54) is 7.11 Å². The van der Waals surface area contributed by atoms with Crippen molar-refractivity contribution in [1.29, 1.82) is 0 Å². The number of methoxy groups -OCH3 is 1. The Balaban J connectivity index is 1.61. The highest BCUT2D eigenvalue weighted by atomic mass is 32.1. The van der Waals surface area contributed by atoms with E-state index in [1.54, 1.807) is 23.6 Å². The van der Waals surface area contributed by atoms with Crippen molar-refractivity contribution in [3.05, 3.63) is 64.4 Å². The van der Waals surface area contributed by atoms with Gasteiger partial charge in [0, 0.05) is 0 Å². The Morgan fingerprint density at radius 3 is 2.54 bits per heavy atom. The highest BCUT2D eigenvalue weighted by Crippen LogP contribution is 2.23. The minimum absolute atomic E-state index is 0.279. The molecule has 0 aliphatic rings. The molecule has 1 aromatic heterocycles. The predicted molar refractivity (Wildman–Crippen MR) is 98.5 cm³/mol. The highest BCUT2D eigenvalue weighted by molar-refractivity contribution is 7.12. The van der Waals surface area contributed by atoms with Crippen LogP contribution in [0.15, 0.2) is 53.9 Å². The molecule has 0 bridgehead atoms. The van der Waals surface area contributed by atoms with Gasteiger partial charge in [-0.1, -0.05) is 30.3 Å². The van der Waals surface area contributed by atoms with Crippen LogP contribution in [0.1, 0.15) is 20.0 Å². The Bertz CT molecular complexity index is 979. The van der Waals surface area contributed by atoms with Crippen LogP contribution < -0.4 is 5.32 Å². The van der Waals surface area contributed by atoms with Gasteiger partial charge in [0.2, 0.25) is 0 Å². The van der Waals surface area contributed by atoms with Crippen LogP contribution in [0.5, 0.6) is 0 Å². The third kappa shape index (κ3) is 3.89. The molecule has 0 spiro atoms. The average molecular weight is 369 g/mol. The third-order valence-corrected chi connectivity index (χ3v) is 4.52. The fourth-order valence-electron chi connectivity index (χ4n) is 2.38. The van der Waals surface area contributed by atoms with Crippen molar-refractivity contribution < 1.29 is 23.9 Å². The summed E-state index contributed by atoms with van der Waals surface area (Å²) < 4.78 is 9.69. The lowest BCUT2D eigenvalue weighted by atomic mass is 10.1. The number of carbonyl (C=O) groups excluding carboxylic acids is 3. The molecule has 0 radical (unpaired) electrons. The van der Waals surface area contributed by atoms with Gasteiger partial charge < -0.3 is 14.8 Å². The Morgan fingerprint density at radius 2 is 1.77 bits per heavy atom. The average Bonchev–Trinajstić information content (AvgIpc) is 3.13. The number of hydrogen-bond acceptors (Lipinski definition) is 6. The molecule has 2 aromatic carbocycles. The van der Waals surface area contributed by atoms with Crippen molar-refractivity contribution in [2.75, 3.05) is 19.0 Å². The maximum Gasteiger partial charge on any atom is 0.350 e. The smallest absolute Gasteiger partial charge is 0.350 e. The maximum absolute atomic E-state index is 12.1. The van der Waals surface area contributed by atoms with Crippen LogP contribution in [0.3, 0.4) is 0 Å².